The van der Waals surface area contributed by atoms with Crippen molar-refractivity contribution in [3.05, 3.63) is 34.9 Å². The van der Waals surface area contributed by atoms with Crippen LogP contribution in [0.2, 0.25) is 0 Å². The minimum Gasteiger partial charge on any atom is -0.381 e. The molecule has 1 unspecified atom stereocenters. The molecule has 4 rings (SSSR count). The molecule has 2 fully saturated rings. The second-order valence-corrected chi connectivity index (χ2v) is 8.93. The molecular weight excluding hydrogens is 401 g/mol. The van der Waals surface area contributed by atoms with E-state index in [4.69, 9.17) is 17.0 Å². The normalized spacial score (nSPS) is 31.6. The van der Waals surface area contributed by atoms with Gasteiger partial charge >= 0.3 is 6.18 Å². The van der Waals surface area contributed by atoms with Crippen LogP contribution in [0, 0.1) is 5.41 Å². The number of hydrogen-bond acceptors (Lipinski definition) is 3. The van der Waals surface area contributed by atoms with Crippen molar-refractivity contribution in [2.75, 3.05) is 14.2 Å². The van der Waals surface area contributed by atoms with Gasteiger partial charge in [-0.15, -0.1) is 0 Å². The molecule has 1 atom stereocenters. The van der Waals surface area contributed by atoms with Gasteiger partial charge in [-0.25, -0.2) is 0 Å². The van der Waals surface area contributed by atoms with Gasteiger partial charge in [0, 0.05) is 26.0 Å². The number of amides is 1. The Hall–Kier alpha value is -1.67. The average Bonchev–Trinajstić information content (AvgIpc) is 3.07. The van der Waals surface area contributed by atoms with Gasteiger partial charge in [0.2, 0.25) is 0 Å². The van der Waals surface area contributed by atoms with Gasteiger partial charge < -0.3 is 10.1 Å². The van der Waals surface area contributed by atoms with Crippen molar-refractivity contribution in [2.24, 2.45) is 5.41 Å². The highest BCUT2D eigenvalue weighted by Crippen LogP contribution is 2.59. The predicted molar refractivity (Wildman–Crippen MR) is 106 cm³/mol. The van der Waals surface area contributed by atoms with Crippen LogP contribution in [0.5, 0.6) is 0 Å². The molecule has 4 nitrogen and oxygen atoms in total. The van der Waals surface area contributed by atoms with Crippen LogP contribution in [-0.2, 0) is 27.9 Å². The van der Waals surface area contributed by atoms with E-state index >= 15 is 0 Å². The zero-order chi connectivity index (χ0) is 21.0. The number of carbonyl (C=O) groups excluding carboxylic acids is 1. The van der Waals surface area contributed by atoms with E-state index in [-0.39, 0.29) is 23.8 Å². The van der Waals surface area contributed by atoms with Gasteiger partial charge in [-0.1, -0.05) is 18.2 Å². The fourth-order valence-electron chi connectivity index (χ4n) is 5.47. The van der Waals surface area contributed by atoms with Gasteiger partial charge in [-0.2, -0.15) is 13.2 Å². The third-order valence-corrected chi connectivity index (χ3v) is 7.42. The molecule has 8 heteroatoms. The first-order valence-corrected chi connectivity index (χ1v) is 10.3. The Kier molecular flexibility index (Phi) is 4.93. The second-order valence-electron chi connectivity index (χ2n) is 8.54. The number of hydrogen-bond donors (Lipinski definition) is 1. The van der Waals surface area contributed by atoms with Crippen molar-refractivity contribution in [3.63, 3.8) is 0 Å². The number of nitrogens with one attached hydrogen (secondary N) is 1. The maximum Gasteiger partial charge on any atom is 0.389 e. The van der Waals surface area contributed by atoms with Crippen LogP contribution in [0.3, 0.4) is 0 Å². The van der Waals surface area contributed by atoms with Crippen LogP contribution in [0.15, 0.2) is 18.2 Å². The minimum atomic E-state index is -4.21. The summed E-state index contributed by atoms with van der Waals surface area (Å²) in [6.07, 6.45) is -1.01. The Bertz CT molecular complexity index is 849. The highest BCUT2D eigenvalue weighted by molar-refractivity contribution is 7.80. The highest BCUT2D eigenvalue weighted by atomic mass is 32.1. The summed E-state index contributed by atoms with van der Waals surface area (Å²) in [4.78, 5) is 15.0. The summed E-state index contributed by atoms with van der Waals surface area (Å²) in [5, 5.41) is 3.69. The van der Waals surface area contributed by atoms with Gasteiger partial charge in [0.05, 0.1) is 6.10 Å². The van der Waals surface area contributed by atoms with Crippen LogP contribution >= 0.6 is 12.2 Å². The molecule has 1 amide bonds. The standard InChI is InChI=1S/C21H25F3N2O2S/c1-26-17(27)21(25-18(26)29)16-11-13(5-10-20(22,23)24)3-4-14(16)12-19(21)8-6-15(28-2)7-9-19/h3-4,11,15H,5-10,12H2,1-2H3,(H,25,29). The molecule has 2 aliphatic carbocycles. The number of benzene rings is 1. The molecule has 1 aromatic carbocycles. The quantitative estimate of drug-likeness (QED) is 0.746. The second kappa shape index (κ2) is 6.94. The smallest absolute Gasteiger partial charge is 0.381 e. The van der Waals surface area contributed by atoms with Crippen LogP contribution in [-0.4, -0.2) is 42.4 Å². The van der Waals surface area contributed by atoms with E-state index in [9.17, 15) is 18.0 Å². The Morgan fingerprint density at radius 2 is 2.00 bits per heavy atom. The third kappa shape index (κ3) is 3.15. The Morgan fingerprint density at radius 3 is 2.55 bits per heavy atom. The molecule has 0 aromatic heterocycles. The molecule has 1 N–H and O–H groups in total. The first kappa shape index (κ1) is 20.6. The molecule has 0 radical (unpaired) electrons. The zero-order valence-corrected chi connectivity index (χ0v) is 17.4. The van der Waals surface area contributed by atoms with Gasteiger partial charge in [0.25, 0.3) is 5.91 Å². The molecule has 158 valence electrons. The minimum absolute atomic E-state index is 0.0971. The lowest BCUT2D eigenvalue weighted by molar-refractivity contribution is -0.137. The van der Waals surface area contributed by atoms with E-state index in [0.29, 0.717) is 17.1 Å². The summed E-state index contributed by atoms with van der Waals surface area (Å²) in [5.41, 5.74) is 1.07. The van der Waals surface area contributed by atoms with Crippen molar-refractivity contribution < 1.29 is 22.7 Å². The van der Waals surface area contributed by atoms with E-state index in [2.05, 4.69) is 5.32 Å². The van der Waals surface area contributed by atoms with E-state index in [1.54, 1.807) is 26.3 Å². The predicted octanol–water partition coefficient (Wildman–Crippen LogP) is 3.85. The number of aryl methyl sites for hydroxylation is 1. The topological polar surface area (TPSA) is 41.6 Å². The number of likely N-dealkylation sites (N-methyl/N-ethyl adjacent to an activating group) is 1. The highest BCUT2D eigenvalue weighted by Gasteiger charge is 2.66. The molecule has 3 aliphatic rings. The summed E-state index contributed by atoms with van der Waals surface area (Å²) in [6.45, 7) is 0. The number of halogens is 3. The maximum atomic E-state index is 13.5. The van der Waals surface area contributed by atoms with Crippen molar-refractivity contribution in [3.8, 4) is 0 Å². The monoisotopic (exact) mass is 426 g/mol. The number of methoxy groups -OCH3 is 1. The van der Waals surface area contributed by atoms with Gasteiger partial charge in [-0.3, -0.25) is 9.69 Å². The maximum absolute atomic E-state index is 13.5. The number of ether oxygens (including phenoxy) is 1. The molecule has 2 spiro atoms. The molecule has 1 aliphatic heterocycles. The number of nitrogens with zero attached hydrogens (tertiary/aromatic N) is 1. The summed E-state index contributed by atoms with van der Waals surface area (Å²) in [7, 11) is 3.36. The largest absolute Gasteiger partial charge is 0.389 e. The van der Waals surface area contributed by atoms with E-state index in [0.717, 1.165) is 36.8 Å². The van der Waals surface area contributed by atoms with Crippen LogP contribution in [0.1, 0.15) is 48.8 Å². The molecule has 1 saturated heterocycles. The number of alkyl halides is 3. The fraction of sp³-hybridized carbons (Fsp3) is 0.619. The van der Waals surface area contributed by atoms with E-state index in [1.165, 1.54) is 4.90 Å². The van der Waals surface area contributed by atoms with Gasteiger partial charge in [0.15, 0.2) is 10.7 Å². The Labute approximate surface area is 173 Å². The average molecular weight is 427 g/mol. The lowest BCUT2D eigenvalue weighted by Crippen LogP contribution is -2.56. The summed E-state index contributed by atoms with van der Waals surface area (Å²) in [5.74, 6) is -0.106. The van der Waals surface area contributed by atoms with E-state index in [1.807, 2.05) is 6.07 Å². The lowest BCUT2D eigenvalue weighted by atomic mass is 9.61. The Balaban J connectivity index is 1.76. The van der Waals surface area contributed by atoms with Crippen molar-refractivity contribution >= 4 is 23.2 Å². The molecule has 0 bridgehead atoms. The first-order chi connectivity index (χ1) is 13.6. The van der Waals surface area contributed by atoms with Crippen molar-refractivity contribution in [1.82, 2.24) is 10.2 Å². The number of thiocarbonyl (C=S) groups is 1. The van der Waals surface area contributed by atoms with Crippen LogP contribution in [0.4, 0.5) is 13.2 Å². The van der Waals surface area contributed by atoms with Gasteiger partial charge in [0.1, 0.15) is 0 Å². The van der Waals surface area contributed by atoms with Crippen molar-refractivity contribution in [2.45, 2.75) is 62.8 Å². The molecule has 1 aromatic rings. The summed E-state index contributed by atoms with van der Waals surface area (Å²) >= 11 is 5.41. The summed E-state index contributed by atoms with van der Waals surface area (Å²) in [6, 6.07) is 5.46. The third-order valence-electron chi connectivity index (χ3n) is 7.05. The lowest BCUT2D eigenvalue weighted by Gasteiger charge is -2.46. The molecule has 29 heavy (non-hydrogen) atoms. The molecule has 1 heterocycles. The SMILES string of the molecule is COC1CCC2(CC1)Cc1ccc(CCC(F)(F)F)cc1C21NC(=S)N(C)C1=O. The number of fused-ring (bicyclic) bond motifs is 3. The van der Waals surface area contributed by atoms with E-state index < -0.39 is 18.1 Å². The van der Waals surface area contributed by atoms with Crippen LogP contribution in [0.25, 0.3) is 0 Å². The Morgan fingerprint density at radius 1 is 1.31 bits per heavy atom. The fourth-order valence-corrected chi connectivity index (χ4v) is 5.70. The van der Waals surface area contributed by atoms with Crippen LogP contribution < -0.4 is 5.32 Å². The molecule has 1 saturated carbocycles. The van der Waals surface area contributed by atoms with Crippen molar-refractivity contribution in [1.29, 1.82) is 0 Å². The number of carbonyl (C=O) groups is 1. The molecular formula is C21H25F3N2O2S. The summed E-state index contributed by atoms with van der Waals surface area (Å²) < 4.78 is 43.7. The zero-order valence-electron chi connectivity index (χ0n) is 16.6. The number of rotatable bonds is 3. The first-order valence-electron chi connectivity index (χ1n) is 9.94. The van der Waals surface area contributed by atoms with Gasteiger partial charge in [-0.05, 0) is 67.4 Å².